The molecule has 2 aliphatic rings. The minimum atomic E-state index is -0.678. The van der Waals surface area contributed by atoms with Crippen molar-refractivity contribution in [3.05, 3.63) is 58.6 Å². The van der Waals surface area contributed by atoms with Gasteiger partial charge in [0.25, 0.3) is 5.69 Å². The van der Waals surface area contributed by atoms with Crippen LogP contribution in [0.25, 0.3) is 0 Å². The van der Waals surface area contributed by atoms with Crippen LogP contribution >= 0.6 is 11.8 Å². The number of amidine groups is 1. The zero-order chi connectivity index (χ0) is 26.2. The molecule has 37 heavy (non-hydrogen) atoms. The van der Waals surface area contributed by atoms with E-state index in [1.165, 1.54) is 37.1 Å². The van der Waals surface area contributed by atoms with Crippen LogP contribution in [0.4, 0.5) is 17.1 Å². The summed E-state index contributed by atoms with van der Waals surface area (Å²) < 4.78 is 10.4. The van der Waals surface area contributed by atoms with Crippen molar-refractivity contribution in [1.82, 2.24) is 9.80 Å². The van der Waals surface area contributed by atoms with E-state index >= 15 is 0 Å². The Labute approximate surface area is 219 Å². The molecule has 2 aromatic carbocycles. The lowest BCUT2D eigenvalue weighted by atomic mass is 10.2. The summed E-state index contributed by atoms with van der Waals surface area (Å²) in [5.74, 6) is -0.380. The van der Waals surface area contributed by atoms with Crippen LogP contribution in [0.15, 0.2) is 53.5 Å². The Hall–Kier alpha value is -3.48. The molecular formula is C25H29N5O6S. The maximum Gasteiger partial charge on any atom is 0.296 e. The topological polar surface area (TPSA) is 127 Å². The third-order valence-corrected chi connectivity index (χ3v) is 7.18. The molecule has 0 radical (unpaired) electrons. The van der Waals surface area contributed by atoms with Gasteiger partial charge < -0.3 is 14.8 Å². The number of anilines is 1. The third kappa shape index (κ3) is 7.06. The van der Waals surface area contributed by atoms with Gasteiger partial charge in [0.05, 0.1) is 37.0 Å². The maximum atomic E-state index is 13.3. The molecule has 2 aromatic rings. The molecule has 0 saturated carbocycles. The summed E-state index contributed by atoms with van der Waals surface area (Å²) in [6.45, 7) is 4.48. The fourth-order valence-electron chi connectivity index (χ4n) is 4.09. The predicted molar refractivity (Wildman–Crippen MR) is 141 cm³/mol. The van der Waals surface area contributed by atoms with Crippen molar-refractivity contribution in [1.29, 1.82) is 0 Å². The number of para-hydroxylation sites is 1. The first-order valence-corrected chi connectivity index (χ1v) is 12.9. The third-order valence-electron chi connectivity index (χ3n) is 6.01. The average Bonchev–Trinajstić information content (AvgIpc) is 3.18. The van der Waals surface area contributed by atoms with E-state index in [2.05, 4.69) is 15.2 Å². The molecule has 1 unspecified atom stereocenters. The molecule has 1 atom stereocenters. The molecule has 1 N–H and O–H groups in total. The number of methoxy groups -OCH3 is 1. The van der Waals surface area contributed by atoms with E-state index in [4.69, 9.17) is 9.47 Å². The first-order valence-electron chi connectivity index (χ1n) is 12.0. The highest BCUT2D eigenvalue weighted by atomic mass is 32.2. The lowest BCUT2D eigenvalue weighted by molar-refractivity contribution is -0.384. The number of morpholine rings is 1. The highest BCUT2D eigenvalue weighted by molar-refractivity contribution is 8.15. The summed E-state index contributed by atoms with van der Waals surface area (Å²) in [5.41, 5.74) is 0.482. The minimum absolute atomic E-state index is 0.0480. The van der Waals surface area contributed by atoms with Gasteiger partial charge in [0.1, 0.15) is 16.7 Å². The number of nitro benzene ring substituents is 1. The number of nitrogens with zero attached hydrogens (tertiary/aromatic N) is 4. The largest absolute Gasteiger partial charge is 0.496 e. The molecule has 196 valence electrons. The molecule has 2 saturated heterocycles. The molecule has 2 amide bonds. The van der Waals surface area contributed by atoms with E-state index in [1.807, 2.05) is 30.3 Å². The fourth-order valence-corrected chi connectivity index (χ4v) is 5.27. The van der Waals surface area contributed by atoms with E-state index in [0.717, 1.165) is 31.7 Å². The number of hydrogen-bond acceptors (Lipinski definition) is 9. The molecule has 2 fully saturated rings. The lowest BCUT2D eigenvalue weighted by Gasteiger charge is -2.27. The van der Waals surface area contributed by atoms with Crippen molar-refractivity contribution < 1.29 is 24.0 Å². The van der Waals surface area contributed by atoms with E-state index < -0.39 is 16.1 Å². The summed E-state index contributed by atoms with van der Waals surface area (Å²) in [6, 6.07) is 13.5. The van der Waals surface area contributed by atoms with Crippen LogP contribution in [-0.2, 0) is 14.3 Å². The Balaban J connectivity index is 1.44. The Morgan fingerprint density at radius 1 is 1.22 bits per heavy atom. The summed E-state index contributed by atoms with van der Waals surface area (Å²) in [5, 5.41) is 13.9. The second-order valence-corrected chi connectivity index (χ2v) is 9.70. The number of nitro groups is 1. The number of aliphatic imine (C=N–C) groups is 1. The normalized spacial score (nSPS) is 19.3. The van der Waals surface area contributed by atoms with Crippen LogP contribution in [0.3, 0.4) is 0 Å². The van der Waals surface area contributed by atoms with Crippen molar-refractivity contribution in [2.45, 2.75) is 18.1 Å². The zero-order valence-corrected chi connectivity index (χ0v) is 21.3. The number of rotatable bonds is 10. The molecule has 12 heteroatoms. The SMILES string of the molecule is COc1ccc(NC(=O)CC2SC(=Nc3ccccc3)N(CCCN3CCOCC3)C2=O)c([N+](=O)[O-])c1. The Bertz CT molecular complexity index is 1160. The van der Waals surface area contributed by atoms with E-state index in [9.17, 15) is 19.7 Å². The summed E-state index contributed by atoms with van der Waals surface area (Å²) >= 11 is 1.24. The van der Waals surface area contributed by atoms with Gasteiger partial charge in [-0.05, 0) is 30.7 Å². The maximum absolute atomic E-state index is 13.3. The number of carbonyl (C=O) groups excluding carboxylic acids is 2. The highest BCUT2D eigenvalue weighted by Crippen LogP contribution is 2.33. The fraction of sp³-hybridized carbons (Fsp3) is 0.400. The van der Waals surface area contributed by atoms with Crippen LogP contribution < -0.4 is 10.1 Å². The number of carbonyl (C=O) groups is 2. The number of benzene rings is 2. The monoisotopic (exact) mass is 527 g/mol. The Morgan fingerprint density at radius 2 is 1.97 bits per heavy atom. The van der Waals surface area contributed by atoms with Gasteiger partial charge in [-0.1, -0.05) is 30.0 Å². The van der Waals surface area contributed by atoms with Crippen molar-refractivity contribution in [3.63, 3.8) is 0 Å². The molecule has 2 aliphatic heterocycles. The molecule has 11 nitrogen and oxygen atoms in total. The summed E-state index contributed by atoms with van der Waals surface area (Å²) in [4.78, 5) is 45.6. The van der Waals surface area contributed by atoms with E-state index in [0.29, 0.717) is 30.7 Å². The van der Waals surface area contributed by atoms with Gasteiger partial charge in [0.2, 0.25) is 11.8 Å². The van der Waals surface area contributed by atoms with Crippen molar-refractivity contribution in [3.8, 4) is 5.75 Å². The first-order chi connectivity index (χ1) is 17.9. The van der Waals surface area contributed by atoms with Gasteiger partial charge in [-0.25, -0.2) is 4.99 Å². The van der Waals surface area contributed by atoms with Gasteiger partial charge >= 0.3 is 0 Å². The standard InChI is InChI=1S/C25H29N5O6S/c1-35-19-8-9-20(21(16-19)30(33)34)27-23(31)17-22-24(32)29(11-5-10-28-12-14-36-15-13-28)25(37-22)26-18-6-3-2-4-7-18/h2-4,6-9,16,22H,5,10-15,17H2,1H3,(H,27,31). The van der Waals surface area contributed by atoms with Crippen LogP contribution in [0.5, 0.6) is 5.75 Å². The number of hydrogen-bond donors (Lipinski definition) is 1. The minimum Gasteiger partial charge on any atom is -0.496 e. The van der Waals surface area contributed by atoms with E-state index in [-0.39, 0.29) is 23.7 Å². The predicted octanol–water partition coefficient (Wildman–Crippen LogP) is 3.29. The number of ether oxygens (including phenoxy) is 2. The van der Waals surface area contributed by atoms with Crippen LogP contribution in [0, 0.1) is 10.1 Å². The van der Waals surface area contributed by atoms with Gasteiger partial charge in [0.15, 0.2) is 5.17 Å². The molecule has 0 bridgehead atoms. The Morgan fingerprint density at radius 3 is 2.68 bits per heavy atom. The number of nitrogens with one attached hydrogen (secondary N) is 1. The molecule has 0 aromatic heterocycles. The molecular weight excluding hydrogens is 498 g/mol. The lowest BCUT2D eigenvalue weighted by Crippen LogP contribution is -2.39. The summed E-state index contributed by atoms with van der Waals surface area (Å²) in [6.07, 6.45) is 0.623. The number of amides is 2. The smallest absolute Gasteiger partial charge is 0.296 e. The Kier molecular flexibility index (Phi) is 9.09. The molecule has 0 spiro atoms. The van der Waals surface area contributed by atoms with Crippen molar-refractivity contribution >= 4 is 45.8 Å². The molecule has 2 heterocycles. The first kappa shape index (κ1) is 26.6. The number of thioether (sulfide) groups is 1. The summed E-state index contributed by atoms with van der Waals surface area (Å²) in [7, 11) is 1.40. The van der Waals surface area contributed by atoms with Crippen LogP contribution in [0.2, 0.25) is 0 Å². The van der Waals surface area contributed by atoms with Crippen molar-refractivity contribution in [2.24, 2.45) is 4.99 Å². The van der Waals surface area contributed by atoms with Crippen molar-refractivity contribution in [2.75, 3.05) is 51.8 Å². The second kappa shape index (κ2) is 12.7. The van der Waals surface area contributed by atoms with Gasteiger partial charge in [-0.2, -0.15) is 0 Å². The van der Waals surface area contributed by atoms with Crippen LogP contribution in [0.1, 0.15) is 12.8 Å². The second-order valence-electron chi connectivity index (χ2n) is 8.53. The average molecular weight is 528 g/mol. The van der Waals surface area contributed by atoms with Gasteiger partial charge in [0, 0.05) is 32.6 Å². The molecule has 4 rings (SSSR count). The van der Waals surface area contributed by atoms with Gasteiger partial charge in [-0.15, -0.1) is 0 Å². The highest BCUT2D eigenvalue weighted by Gasteiger charge is 2.39. The van der Waals surface area contributed by atoms with Crippen LogP contribution in [-0.4, -0.2) is 83.5 Å². The molecule has 0 aliphatic carbocycles. The van der Waals surface area contributed by atoms with E-state index in [1.54, 1.807) is 4.90 Å². The quantitative estimate of drug-likeness (QED) is 0.368. The van der Waals surface area contributed by atoms with Gasteiger partial charge in [-0.3, -0.25) is 29.5 Å². The zero-order valence-electron chi connectivity index (χ0n) is 20.5.